The van der Waals surface area contributed by atoms with E-state index in [0.717, 1.165) is 0 Å². The first-order chi connectivity index (χ1) is 5.65. The second-order valence-electron chi connectivity index (χ2n) is 2.92. The third-order valence-corrected chi connectivity index (χ3v) is 2.02. The number of carbonyl (C=O) groups is 2. The van der Waals surface area contributed by atoms with Gasteiger partial charge in [0, 0.05) is 6.42 Å². The summed E-state index contributed by atoms with van der Waals surface area (Å²) in [5.74, 6) is -0.493. The lowest BCUT2D eigenvalue weighted by Crippen LogP contribution is -2.24. The van der Waals surface area contributed by atoms with Crippen molar-refractivity contribution in [1.29, 1.82) is 0 Å². The van der Waals surface area contributed by atoms with Gasteiger partial charge in [-0.05, 0) is 6.92 Å². The fraction of sp³-hybridized carbons (Fsp3) is 0.750. The number of amides is 1. The number of esters is 1. The highest BCUT2D eigenvalue weighted by molar-refractivity contribution is 5.82. The van der Waals surface area contributed by atoms with Crippen LogP contribution in [0.25, 0.3) is 0 Å². The van der Waals surface area contributed by atoms with Crippen molar-refractivity contribution in [3.63, 3.8) is 0 Å². The van der Waals surface area contributed by atoms with E-state index in [0.29, 0.717) is 13.0 Å². The van der Waals surface area contributed by atoms with Gasteiger partial charge in [0.25, 0.3) is 0 Å². The summed E-state index contributed by atoms with van der Waals surface area (Å²) in [7, 11) is 0. The lowest BCUT2D eigenvalue weighted by atomic mass is 10.1. The van der Waals surface area contributed by atoms with E-state index in [2.05, 4.69) is 5.32 Å². The van der Waals surface area contributed by atoms with Crippen LogP contribution in [0.15, 0.2) is 0 Å². The quantitative estimate of drug-likeness (QED) is 0.598. The van der Waals surface area contributed by atoms with Crippen LogP contribution in [0.1, 0.15) is 20.3 Å². The lowest BCUT2D eigenvalue weighted by Gasteiger charge is -2.12. The zero-order valence-electron chi connectivity index (χ0n) is 7.29. The van der Waals surface area contributed by atoms with Crippen molar-refractivity contribution in [2.45, 2.75) is 26.4 Å². The summed E-state index contributed by atoms with van der Waals surface area (Å²) >= 11 is 0. The summed E-state index contributed by atoms with van der Waals surface area (Å²) in [4.78, 5) is 21.8. The van der Waals surface area contributed by atoms with Gasteiger partial charge in [-0.25, -0.2) is 0 Å². The fourth-order valence-electron chi connectivity index (χ4n) is 1.10. The SMILES string of the molecule is CCC(=O)OC1CNC(=O)C1C. The Morgan fingerprint density at radius 3 is 2.83 bits per heavy atom. The number of hydrogen-bond acceptors (Lipinski definition) is 3. The van der Waals surface area contributed by atoms with Gasteiger partial charge in [-0.2, -0.15) is 0 Å². The van der Waals surface area contributed by atoms with Crippen LogP contribution < -0.4 is 5.32 Å². The van der Waals surface area contributed by atoms with E-state index in [1.807, 2.05) is 0 Å². The molecule has 1 aliphatic heterocycles. The maximum Gasteiger partial charge on any atom is 0.305 e. The van der Waals surface area contributed by atoms with Gasteiger partial charge < -0.3 is 10.1 Å². The highest BCUT2D eigenvalue weighted by Gasteiger charge is 2.33. The number of carbonyl (C=O) groups excluding carboxylic acids is 2. The average molecular weight is 171 g/mol. The Hall–Kier alpha value is -1.06. The molecule has 1 aliphatic rings. The van der Waals surface area contributed by atoms with E-state index in [9.17, 15) is 9.59 Å². The predicted molar refractivity (Wildman–Crippen MR) is 42.3 cm³/mol. The molecule has 68 valence electrons. The molecule has 1 amide bonds. The van der Waals surface area contributed by atoms with Crippen LogP contribution in [0.4, 0.5) is 0 Å². The van der Waals surface area contributed by atoms with Gasteiger partial charge in [0.05, 0.1) is 12.5 Å². The topological polar surface area (TPSA) is 55.4 Å². The molecule has 2 atom stereocenters. The van der Waals surface area contributed by atoms with Crippen molar-refractivity contribution in [2.24, 2.45) is 5.92 Å². The molecular weight excluding hydrogens is 158 g/mol. The van der Waals surface area contributed by atoms with E-state index in [1.54, 1.807) is 13.8 Å². The molecule has 1 fully saturated rings. The third kappa shape index (κ3) is 1.75. The van der Waals surface area contributed by atoms with E-state index < -0.39 is 0 Å². The van der Waals surface area contributed by atoms with Crippen LogP contribution in [0.3, 0.4) is 0 Å². The molecule has 1 saturated heterocycles. The first-order valence-corrected chi connectivity index (χ1v) is 4.12. The molecule has 0 radical (unpaired) electrons. The summed E-state index contributed by atoms with van der Waals surface area (Å²) in [6.07, 6.45) is 0.0853. The van der Waals surface area contributed by atoms with Crippen molar-refractivity contribution in [1.82, 2.24) is 5.32 Å². The van der Waals surface area contributed by atoms with Crippen LogP contribution in [-0.2, 0) is 14.3 Å². The van der Waals surface area contributed by atoms with Crippen molar-refractivity contribution >= 4 is 11.9 Å². The number of nitrogens with one attached hydrogen (secondary N) is 1. The normalized spacial score (nSPS) is 28.3. The van der Waals surface area contributed by atoms with E-state index >= 15 is 0 Å². The molecule has 2 unspecified atom stereocenters. The number of rotatable bonds is 2. The van der Waals surface area contributed by atoms with Gasteiger partial charge >= 0.3 is 5.97 Å². The largest absolute Gasteiger partial charge is 0.460 e. The first kappa shape index (κ1) is 9.03. The minimum Gasteiger partial charge on any atom is -0.460 e. The maximum absolute atomic E-state index is 11.0. The Balaban J connectivity index is 2.44. The Morgan fingerprint density at radius 2 is 2.42 bits per heavy atom. The molecule has 0 spiro atoms. The van der Waals surface area contributed by atoms with Crippen LogP contribution in [0.5, 0.6) is 0 Å². The molecule has 4 nitrogen and oxygen atoms in total. The molecule has 12 heavy (non-hydrogen) atoms. The highest BCUT2D eigenvalue weighted by atomic mass is 16.5. The summed E-state index contributed by atoms with van der Waals surface area (Å²) < 4.78 is 5.02. The third-order valence-electron chi connectivity index (χ3n) is 2.02. The number of ether oxygens (including phenoxy) is 1. The standard InChI is InChI=1S/C8H13NO3/c1-3-7(10)12-6-4-9-8(11)5(6)2/h5-6H,3-4H2,1-2H3,(H,9,11). The predicted octanol–water partition coefficient (Wildman–Crippen LogP) is 0.0741. The molecule has 0 saturated carbocycles. The van der Waals surface area contributed by atoms with Crippen molar-refractivity contribution in [2.75, 3.05) is 6.54 Å². The molecule has 1 heterocycles. The van der Waals surface area contributed by atoms with Crippen LogP contribution in [-0.4, -0.2) is 24.5 Å². The average Bonchev–Trinajstić information content (AvgIpc) is 2.36. The molecule has 0 bridgehead atoms. The molecule has 0 aliphatic carbocycles. The van der Waals surface area contributed by atoms with Crippen LogP contribution in [0.2, 0.25) is 0 Å². The molecule has 0 aromatic rings. The van der Waals surface area contributed by atoms with Gasteiger partial charge in [0.2, 0.25) is 5.91 Å². The van der Waals surface area contributed by atoms with Gasteiger partial charge in [-0.15, -0.1) is 0 Å². The summed E-state index contributed by atoms with van der Waals surface area (Å²) in [6.45, 7) is 3.94. The molecule has 1 rings (SSSR count). The summed E-state index contributed by atoms with van der Waals surface area (Å²) in [6, 6.07) is 0. The lowest BCUT2D eigenvalue weighted by molar-refractivity contribution is -0.149. The van der Waals surface area contributed by atoms with Gasteiger partial charge in [0.1, 0.15) is 6.10 Å². The van der Waals surface area contributed by atoms with E-state index in [1.165, 1.54) is 0 Å². The van der Waals surface area contributed by atoms with E-state index in [4.69, 9.17) is 4.74 Å². The smallest absolute Gasteiger partial charge is 0.305 e. The Morgan fingerprint density at radius 1 is 1.75 bits per heavy atom. The molecular formula is C8H13NO3. The monoisotopic (exact) mass is 171 g/mol. The fourth-order valence-corrected chi connectivity index (χ4v) is 1.10. The minimum atomic E-state index is -0.273. The minimum absolute atomic E-state index is 0.0381. The van der Waals surface area contributed by atoms with E-state index in [-0.39, 0.29) is 23.9 Å². The second kappa shape index (κ2) is 3.56. The molecule has 4 heteroatoms. The zero-order chi connectivity index (χ0) is 9.14. The Kier molecular flexibility index (Phi) is 2.68. The highest BCUT2D eigenvalue weighted by Crippen LogP contribution is 2.13. The molecule has 0 aromatic carbocycles. The first-order valence-electron chi connectivity index (χ1n) is 4.12. The van der Waals surface area contributed by atoms with Crippen LogP contribution in [0, 0.1) is 5.92 Å². The van der Waals surface area contributed by atoms with Crippen molar-refractivity contribution in [3.05, 3.63) is 0 Å². The van der Waals surface area contributed by atoms with Gasteiger partial charge in [0.15, 0.2) is 0 Å². The van der Waals surface area contributed by atoms with Crippen molar-refractivity contribution in [3.8, 4) is 0 Å². The Bertz CT molecular complexity index is 202. The van der Waals surface area contributed by atoms with Crippen LogP contribution >= 0.6 is 0 Å². The van der Waals surface area contributed by atoms with Gasteiger partial charge in [-0.3, -0.25) is 9.59 Å². The number of hydrogen-bond donors (Lipinski definition) is 1. The van der Waals surface area contributed by atoms with Crippen molar-refractivity contribution < 1.29 is 14.3 Å². The summed E-state index contributed by atoms with van der Waals surface area (Å²) in [5.41, 5.74) is 0. The van der Waals surface area contributed by atoms with Gasteiger partial charge in [-0.1, -0.05) is 6.92 Å². The zero-order valence-corrected chi connectivity index (χ0v) is 7.29. The molecule has 1 N–H and O–H groups in total. The maximum atomic E-state index is 11.0. The second-order valence-corrected chi connectivity index (χ2v) is 2.92. The summed E-state index contributed by atoms with van der Waals surface area (Å²) in [5, 5.41) is 2.63. The Labute approximate surface area is 71.3 Å². The molecule has 0 aromatic heterocycles.